The van der Waals surface area contributed by atoms with E-state index < -0.39 is 6.03 Å². The first-order valence-electron chi connectivity index (χ1n) is 6.52. The van der Waals surface area contributed by atoms with Crippen LogP contribution >= 0.6 is 0 Å². The Morgan fingerprint density at radius 1 is 1.28 bits per heavy atom. The highest BCUT2D eigenvalue weighted by atomic mass is 16.2. The second-order valence-corrected chi connectivity index (χ2v) is 5.23. The molecule has 3 rings (SSSR count). The molecule has 2 aliphatic rings. The number of rotatable bonds is 0. The minimum Gasteiger partial charge on any atom is -0.314 e. The summed E-state index contributed by atoms with van der Waals surface area (Å²) in [6.45, 7) is 0.717. The summed E-state index contributed by atoms with van der Waals surface area (Å²) >= 11 is 0. The lowest BCUT2D eigenvalue weighted by Gasteiger charge is -2.46. The van der Waals surface area contributed by atoms with Crippen molar-refractivity contribution in [2.45, 2.75) is 31.2 Å². The van der Waals surface area contributed by atoms with Gasteiger partial charge < -0.3 is 4.90 Å². The molecule has 1 saturated heterocycles. The van der Waals surface area contributed by atoms with Crippen LogP contribution < -0.4 is 5.73 Å². The predicted octanol–water partition coefficient (Wildman–Crippen LogP) is 2.88. The molecule has 1 aromatic rings. The monoisotopic (exact) mass is 241 g/mol. The summed E-state index contributed by atoms with van der Waals surface area (Å²) in [5.74, 6) is 0. The number of fused-ring (bicyclic) bond motifs is 1. The topological polar surface area (TPSA) is 44.1 Å². The van der Waals surface area contributed by atoms with Crippen molar-refractivity contribution in [2.24, 2.45) is 0 Å². The third kappa shape index (κ3) is 1.70. The molecule has 1 atom stereocenters. The Bertz CT molecular complexity index is 509. The Morgan fingerprint density at radius 2 is 2.11 bits per heavy atom. The summed E-state index contributed by atoms with van der Waals surface area (Å²) < 4.78 is 0. The van der Waals surface area contributed by atoms with Crippen molar-refractivity contribution in [1.82, 2.24) is 10.6 Å². The minimum atomic E-state index is -0.543. The van der Waals surface area contributed by atoms with Crippen molar-refractivity contribution >= 4 is 12.1 Å². The molecule has 3 heteroatoms. The van der Waals surface area contributed by atoms with Gasteiger partial charge in [-0.05, 0) is 30.4 Å². The van der Waals surface area contributed by atoms with E-state index in [1.165, 1.54) is 11.1 Å². The summed E-state index contributed by atoms with van der Waals surface area (Å²) in [5, 5.41) is 0. The molecule has 0 saturated carbocycles. The molecule has 1 radical (unpaired) electrons. The molecule has 18 heavy (non-hydrogen) atoms. The zero-order valence-electron chi connectivity index (χ0n) is 10.4. The normalized spacial score (nSPS) is 26.1. The molecule has 0 aromatic heterocycles. The number of hydrogen-bond donors (Lipinski definition) is 0. The van der Waals surface area contributed by atoms with Gasteiger partial charge in [0.05, 0.1) is 5.54 Å². The molecule has 3 nitrogen and oxygen atoms in total. The third-order valence-electron chi connectivity index (χ3n) is 4.15. The molecule has 2 amide bonds. The van der Waals surface area contributed by atoms with Crippen LogP contribution in [0.3, 0.4) is 0 Å². The fourth-order valence-corrected chi connectivity index (χ4v) is 3.21. The number of urea groups is 1. The van der Waals surface area contributed by atoms with E-state index in [0.29, 0.717) is 0 Å². The zero-order valence-corrected chi connectivity index (χ0v) is 10.4. The minimum absolute atomic E-state index is 0.245. The van der Waals surface area contributed by atoms with E-state index in [-0.39, 0.29) is 5.54 Å². The Labute approximate surface area is 107 Å². The molecular formula is C15H17N2O. The van der Waals surface area contributed by atoms with E-state index in [0.717, 1.165) is 32.2 Å². The number of carbonyl (C=O) groups is 1. The lowest BCUT2D eigenvalue weighted by Crippen LogP contribution is -2.55. The fourth-order valence-electron chi connectivity index (χ4n) is 3.21. The summed E-state index contributed by atoms with van der Waals surface area (Å²) in [7, 11) is 0. The van der Waals surface area contributed by atoms with E-state index in [1.807, 2.05) is 12.1 Å². The van der Waals surface area contributed by atoms with Crippen LogP contribution in [-0.4, -0.2) is 23.0 Å². The SMILES string of the molecule is [NH]C(=O)N1CCCCC12C=Cc1ccccc1C2. The highest BCUT2D eigenvalue weighted by Gasteiger charge is 2.40. The Hall–Kier alpha value is -1.77. The summed E-state index contributed by atoms with van der Waals surface area (Å²) in [6, 6.07) is 7.77. The van der Waals surface area contributed by atoms with Crippen LogP contribution in [-0.2, 0) is 6.42 Å². The van der Waals surface area contributed by atoms with E-state index >= 15 is 0 Å². The second kappa shape index (κ2) is 4.16. The van der Waals surface area contributed by atoms with E-state index in [9.17, 15) is 4.79 Å². The molecule has 1 aliphatic carbocycles. The van der Waals surface area contributed by atoms with Crippen molar-refractivity contribution in [2.75, 3.05) is 6.54 Å². The Kier molecular flexibility index (Phi) is 2.62. The lowest BCUT2D eigenvalue weighted by atomic mass is 9.77. The number of nitrogens with one attached hydrogen (secondary N) is 1. The number of amides is 2. The molecule has 1 aliphatic heterocycles. The lowest BCUT2D eigenvalue weighted by molar-refractivity contribution is 0.114. The van der Waals surface area contributed by atoms with Crippen LogP contribution in [0.1, 0.15) is 30.4 Å². The van der Waals surface area contributed by atoms with Crippen molar-refractivity contribution in [3.05, 3.63) is 41.5 Å². The van der Waals surface area contributed by atoms with Crippen LogP contribution in [0, 0.1) is 0 Å². The van der Waals surface area contributed by atoms with E-state index in [4.69, 9.17) is 5.73 Å². The maximum atomic E-state index is 11.5. The Morgan fingerprint density at radius 3 is 2.94 bits per heavy atom. The molecule has 93 valence electrons. The van der Waals surface area contributed by atoms with Crippen molar-refractivity contribution in [3.63, 3.8) is 0 Å². The number of likely N-dealkylation sites (tertiary alicyclic amines) is 1. The van der Waals surface area contributed by atoms with E-state index in [2.05, 4.69) is 24.3 Å². The average Bonchev–Trinajstić information content (AvgIpc) is 2.39. The highest BCUT2D eigenvalue weighted by molar-refractivity contribution is 5.74. The van der Waals surface area contributed by atoms with Crippen LogP contribution in [0.25, 0.3) is 6.08 Å². The Balaban J connectivity index is 1.99. The van der Waals surface area contributed by atoms with Crippen molar-refractivity contribution in [1.29, 1.82) is 0 Å². The first-order valence-corrected chi connectivity index (χ1v) is 6.52. The number of piperidine rings is 1. The van der Waals surface area contributed by atoms with Crippen LogP contribution in [0.15, 0.2) is 30.3 Å². The average molecular weight is 241 g/mol. The molecule has 1 spiro atoms. The predicted molar refractivity (Wildman–Crippen MR) is 71.0 cm³/mol. The van der Waals surface area contributed by atoms with Crippen LogP contribution in [0.2, 0.25) is 0 Å². The molecule has 1 fully saturated rings. The second-order valence-electron chi connectivity index (χ2n) is 5.23. The van der Waals surface area contributed by atoms with Gasteiger partial charge in [0.1, 0.15) is 0 Å². The van der Waals surface area contributed by atoms with Gasteiger partial charge in [-0.3, -0.25) is 0 Å². The maximum absolute atomic E-state index is 11.5. The first kappa shape index (κ1) is 11.3. The van der Waals surface area contributed by atoms with Gasteiger partial charge in [-0.2, -0.15) is 0 Å². The van der Waals surface area contributed by atoms with Gasteiger partial charge in [0.25, 0.3) is 0 Å². The van der Waals surface area contributed by atoms with Gasteiger partial charge in [-0.15, -0.1) is 0 Å². The molecule has 1 aromatic carbocycles. The number of nitrogens with zero attached hydrogens (tertiary/aromatic N) is 1. The van der Waals surface area contributed by atoms with Gasteiger partial charge in [-0.1, -0.05) is 36.4 Å². The molecular weight excluding hydrogens is 224 g/mol. The highest BCUT2D eigenvalue weighted by Crippen LogP contribution is 2.37. The standard InChI is InChI=1S/C15H17N2O/c16-14(18)17-10-4-3-8-15(17)9-7-12-5-1-2-6-13(12)11-15/h1-2,5-7,9,16H,3-4,8,10-11H2. The van der Waals surface area contributed by atoms with Gasteiger partial charge >= 0.3 is 6.03 Å². The van der Waals surface area contributed by atoms with Gasteiger partial charge in [0.15, 0.2) is 0 Å². The number of carbonyl (C=O) groups excluding carboxylic acids is 1. The van der Waals surface area contributed by atoms with Gasteiger partial charge in [0, 0.05) is 13.0 Å². The smallest absolute Gasteiger partial charge is 0.314 e. The van der Waals surface area contributed by atoms with Crippen LogP contribution in [0.4, 0.5) is 4.79 Å². The zero-order chi connectivity index (χ0) is 12.6. The van der Waals surface area contributed by atoms with Gasteiger partial charge in [-0.25, -0.2) is 10.5 Å². The van der Waals surface area contributed by atoms with Gasteiger partial charge in [0.2, 0.25) is 0 Å². The molecule has 0 bridgehead atoms. The summed E-state index contributed by atoms with van der Waals surface area (Å²) in [6.07, 6.45) is 8.23. The van der Waals surface area contributed by atoms with E-state index in [1.54, 1.807) is 4.90 Å². The summed E-state index contributed by atoms with van der Waals surface area (Å²) in [4.78, 5) is 13.3. The summed E-state index contributed by atoms with van der Waals surface area (Å²) in [5.41, 5.74) is 9.75. The largest absolute Gasteiger partial charge is 0.336 e. The van der Waals surface area contributed by atoms with Crippen molar-refractivity contribution in [3.8, 4) is 0 Å². The number of hydrogen-bond acceptors (Lipinski definition) is 1. The van der Waals surface area contributed by atoms with Crippen molar-refractivity contribution < 1.29 is 4.79 Å². The molecule has 1 heterocycles. The number of benzene rings is 1. The van der Waals surface area contributed by atoms with Crippen LogP contribution in [0.5, 0.6) is 0 Å². The molecule has 1 unspecified atom stereocenters. The quantitative estimate of drug-likeness (QED) is 0.688. The first-order chi connectivity index (χ1) is 8.71. The fraction of sp³-hybridized carbons (Fsp3) is 0.400. The third-order valence-corrected chi connectivity index (χ3v) is 4.15. The maximum Gasteiger partial charge on any atom is 0.336 e. The molecule has 1 N–H and O–H groups in total.